The number of aliphatic hydroxyl groups is 1. The molecule has 3 aromatic rings. The summed E-state index contributed by atoms with van der Waals surface area (Å²) in [6, 6.07) is 18.2. The number of aliphatic hydroxyl groups excluding tert-OH is 1. The largest absolute Gasteiger partial charge is 0.447 e. The molecule has 3 amide bonds. The van der Waals surface area contributed by atoms with Crippen molar-refractivity contribution in [1.29, 1.82) is 0 Å². The van der Waals surface area contributed by atoms with Crippen molar-refractivity contribution in [3.63, 3.8) is 0 Å². The Balaban J connectivity index is 1.39. The van der Waals surface area contributed by atoms with Crippen LogP contribution in [0.25, 0.3) is 0 Å². The molecular weight excluding hydrogens is 553 g/mol. The molecule has 9 nitrogen and oxygen atoms in total. The molecule has 1 aliphatic rings. The van der Waals surface area contributed by atoms with Gasteiger partial charge < -0.3 is 25.8 Å². The fourth-order valence-corrected chi connectivity index (χ4v) is 4.39. The Morgan fingerprint density at radius 2 is 1.69 bits per heavy atom. The Bertz CT molecular complexity index is 1420. The van der Waals surface area contributed by atoms with Crippen molar-refractivity contribution in [3.05, 3.63) is 101 Å². The maximum Gasteiger partial charge on any atom is 0.416 e. The molecule has 12 heteroatoms. The minimum atomic E-state index is -4.45. The lowest BCUT2D eigenvalue weighted by Crippen LogP contribution is -2.38. The van der Waals surface area contributed by atoms with Crippen LogP contribution in [0.4, 0.5) is 23.7 Å². The van der Waals surface area contributed by atoms with Crippen LogP contribution >= 0.6 is 0 Å². The molecule has 1 aliphatic heterocycles. The van der Waals surface area contributed by atoms with Crippen LogP contribution in [0.5, 0.6) is 0 Å². The fourth-order valence-electron chi connectivity index (χ4n) is 4.39. The van der Waals surface area contributed by atoms with E-state index in [-0.39, 0.29) is 50.0 Å². The van der Waals surface area contributed by atoms with E-state index in [0.29, 0.717) is 11.3 Å². The van der Waals surface area contributed by atoms with Gasteiger partial charge in [0.1, 0.15) is 6.61 Å². The molecule has 0 aliphatic carbocycles. The van der Waals surface area contributed by atoms with E-state index < -0.39 is 35.8 Å². The predicted octanol–water partition coefficient (Wildman–Crippen LogP) is 4.03. The molecule has 42 heavy (non-hydrogen) atoms. The average molecular weight is 585 g/mol. The van der Waals surface area contributed by atoms with Crippen LogP contribution in [0.3, 0.4) is 0 Å². The van der Waals surface area contributed by atoms with Gasteiger partial charge >= 0.3 is 12.3 Å². The highest BCUT2D eigenvalue weighted by atomic mass is 19.4. The van der Waals surface area contributed by atoms with Gasteiger partial charge in [-0.1, -0.05) is 48.5 Å². The third kappa shape index (κ3) is 8.08. The Morgan fingerprint density at radius 1 is 0.976 bits per heavy atom. The third-order valence-corrected chi connectivity index (χ3v) is 6.62. The molecule has 1 fully saturated rings. The van der Waals surface area contributed by atoms with E-state index in [0.717, 1.165) is 17.7 Å². The molecule has 0 aromatic heterocycles. The number of amides is 3. The van der Waals surface area contributed by atoms with Gasteiger partial charge in [0.05, 0.1) is 24.3 Å². The van der Waals surface area contributed by atoms with E-state index in [2.05, 4.69) is 16.0 Å². The number of hydrogen-bond acceptors (Lipinski definition) is 6. The van der Waals surface area contributed by atoms with Crippen molar-refractivity contribution >= 4 is 23.6 Å². The molecule has 0 bridgehead atoms. The van der Waals surface area contributed by atoms with Gasteiger partial charge in [0.25, 0.3) is 11.8 Å². The molecule has 0 spiro atoms. The molecule has 1 saturated heterocycles. The summed E-state index contributed by atoms with van der Waals surface area (Å²) in [7, 11) is 0. The van der Waals surface area contributed by atoms with Gasteiger partial charge in [-0.25, -0.2) is 4.79 Å². The lowest BCUT2D eigenvalue weighted by Gasteiger charge is -2.18. The second-order valence-electron chi connectivity index (χ2n) is 9.83. The highest BCUT2D eigenvalue weighted by Gasteiger charge is 2.30. The first-order chi connectivity index (χ1) is 20.0. The smallest absolute Gasteiger partial charge is 0.416 e. The number of ether oxygens (including phenoxy) is 1. The number of hydrogen-bond donors (Lipinski definition) is 4. The number of anilines is 1. The highest BCUT2D eigenvalue weighted by Crippen LogP contribution is 2.29. The summed E-state index contributed by atoms with van der Waals surface area (Å²) in [6.45, 7) is 2.16. The molecule has 0 radical (unpaired) electrons. The minimum Gasteiger partial charge on any atom is -0.447 e. The standard InChI is InChI=1S/C30H31F3N4O5/c1-19(21-7-3-2-4-8-21)36-28(40)23-13-22(14-25(15-23)37-10-11-42-29(37)41)27(39)35-18-26(38)17-34-16-20-6-5-9-24(12-20)30(31,32)33/h2-9,12-15,19,26,34,38H,10-11,16-18H2,1H3,(H,35,39)(H,36,40)/t19-,26-/m1/s1. The van der Waals surface area contributed by atoms with Gasteiger partial charge in [0.2, 0.25) is 0 Å². The van der Waals surface area contributed by atoms with Gasteiger partial charge in [-0.2, -0.15) is 13.2 Å². The first-order valence-electron chi connectivity index (χ1n) is 13.3. The summed E-state index contributed by atoms with van der Waals surface area (Å²) in [4.78, 5) is 39.7. The molecule has 0 unspecified atom stereocenters. The van der Waals surface area contributed by atoms with Crippen LogP contribution in [-0.2, 0) is 17.5 Å². The SMILES string of the molecule is C[C@@H](NC(=O)c1cc(C(=O)NC[C@H](O)CNCc2cccc(C(F)(F)F)c2)cc(N2CCOC2=O)c1)c1ccccc1. The van der Waals surface area contributed by atoms with Gasteiger partial charge in [0.15, 0.2) is 0 Å². The van der Waals surface area contributed by atoms with E-state index in [9.17, 15) is 32.7 Å². The minimum absolute atomic E-state index is 0.00120. The fraction of sp³-hybridized carbons (Fsp3) is 0.300. The van der Waals surface area contributed by atoms with E-state index >= 15 is 0 Å². The van der Waals surface area contributed by atoms with Crippen LogP contribution in [0.1, 0.15) is 50.4 Å². The number of carbonyl (C=O) groups excluding carboxylic acids is 3. The second kappa shape index (κ2) is 13.5. The van der Waals surface area contributed by atoms with Gasteiger partial charge in [-0.05, 0) is 42.3 Å². The van der Waals surface area contributed by atoms with Gasteiger partial charge in [-0.3, -0.25) is 14.5 Å². The Morgan fingerprint density at radius 3 is 2.36 bits per heavy atom. The number of alkyl halides is 3. The van der Waals surface area contributed by atoms with E-state index in [4.69, 9.17) is 4.74 Å². The first-order valence-corrected chi connectivity index (χ1v) is 13.3. The van der Waals surface area contributed by atoms with E-state index in [1.165, 1.54) is 35.2 Å². The second-order valence-corrected chi connectivity index (χ2v) is 9.83. The molecule has 2 atom stereocenters. The monoisotopic (exact) mass is 584 g/mol. The lowest BCUT2D eigenvalue weighted by atomic mass is 10.0. The van der Waals surface area contributed by atoms with Crippen molar-refractivity contribution in [2.45, 2.75) is 31.8 Å². The Labute approximate surface area is 240 Å². The maximum absolute atomic E-state index is 13.1. The number of rotatable bonds is 11. The van der Waals surface area contributed by atoms with Crippen molar-refractivity contribution in [2.75, 3.05) is 31.1 Å². The molecule has 222 valence electrons. The molecular formula is C30H31F3N4O5. The zero-order valence-corrected chi connectivity index (χ0v) is 22.8. The topological polar surface area (TPSA) is 120 Å². The van der Waals surface area contributed by atoms with Crippen molar-refractivity contribution in [1.82, 2.24) is 16.0 Å². The number of carbonyl (C=O) groups is 3. The van der Waals surface area contributed by atoms with E-state index in [1.807, 2.05) is 37.3 Å². The zero-order valence-electron chi connectivity index (χ0n) is 22.8. The maximum atomic E-state index is 13.1. The summed E-state index contributed by atoms with van der Waals surface area (Å²) in [5, 5.41) is 18.7. The zero-order chi connectivity index (χ0) is 30.3. The summed E-state index contributed by atoms with van der Waals surface area (Å²) in [5.41, 5.74) is 1.08. The Hall–Kier alpha value is -4.42. The third-order valence-electron chi connectivity index (χ3n) is 6.62. The van der Waals surface area contributed by atoms with Gasteiger partial charge in [0, 0.05) is 36.4 Å². The molecule has 1 heterocycles. The van der Waals surface area contributed by atoms with Crippen LogP contribution in [-0.4, -0.2) is 55.4 Å². The summed E-state index contributed by atoms with van der Waals surface area (Å²) < 4.78 is 43.7. The number of benzene rings is 3. The Kier molecular flexibility index (Phi) is 9.81. The highest BCUT2D eigenvalue weighted by molar-refractivity contribution is 6.02. The quantitative estimate of drug-likeness (QED) is 0.270. The summed E-state index contributed by atoms with van der Waals surface area (Å²) >= 11 is 0. The predicted molar refractivity (Wildman–Crippen MR) is 149 cm³/mol. The van der Waals surface area contributed by atoms with E-state index in [1.54, 1.807) is 0 Å². The van der Waals surface area contributed by atoms with Crippen molar-refractivity contribution in [2.24, 2.45) is 0 Å². The van der Waals surface area contributed by atoms with Crippen LogP contribution < -0.4 is 20.9 Å². The lowest BCUT2D eigenvalue weighted by molar-refractivity contribution is -0.137. The van der Waals surface area contributed by atoms with Crippen molar-refractivity contribution < 1.29 is 37.4 Å². The van der Waals surface area contributed by atoms with Crippen LogP contribution in [0.2, 0.25) is 0 Å². The molecule has 4 N–H and O–H groups in total. The number of nitrogens with one attached hydrogen (secondary N) is 3. The van der Waals surface area contributed by atoms with Crippen molar-refractivity contribution in [3.8, 4) is 0 Å². The molecule has 0 saturated carbocycles. The number of nitrogens with zero attached hydrogens (tertiary/aromatic N) is 1. The van der Waals surface area contributed by atoms with Crippen LogP contribution in [0.15, 0.2) is 72.8 Å². The summed E-state index contributed by atoms with van der Waals surface area (Å²) in [6.07, 6.45) is -6.10. The molecule has 4 rings (SSSR count). The first kappa shape index (κ1) is 30.5. The average Bonchev–Trinajstić information content (AvgIpc) is 3.41. The number of cyclic esters (lactones) is 1. The number of halogens is 3. The molecule has 3 aromatic carbocycles. The summed E-state index contributed by atoms with van der Waals surface area (Å²) in [5.74, 6) is -1.04. The van der Waals surface area contributed by atoms with Crippen LogP contribution in [0, 0.1) is 0 Å². The van der Waals surface area contributed by atoms with Gasteiger partial charge in [-0.15, -0.1) is 0 Å². The normalized spacial score (nSPS) is 14.7.